The normalized spacial score (nSPS) is 23.3. The molecule has 2 aromatic carbocycles. The van der Waals surface area contributed by atoms with Crippen LogP contribution in [0.15, 0.2) is 48.5 Å². The number of benzene rings is 2. The van der Waals surface area contributed by atoms with Crippen LogP contribution in [0.5, 0.6) is 0 Å². The fraction of sp³-hybridized carbons (Fsp3) is 0.444. The third-order valence-electron chi connectivity index (χ3n) is 7.61. The maximum absolute atomic E-state index is 12.8. The molecule has 5 rings (SSSR count). The molecule has 3 N–H and O–H groups in total. The molecule has 184 valence electrons. The molecule has 8 heteroatoms. The molecule has 35 heavy (non-hydrogen) atoms. The Bertz CT molecular complexity index is 1070. The molecule has 2 aliphatic heterocycles. The number of aliphatic carboxylic acids is 1. The Hall–Kier alpha value is -3.39. The maximum Gasteiger partial charge on any atom is 0.407 e. The van der Waals surface area contributed by atoms with E-state index < -0.39 is 24.1 Å². The van der Waals surface area contributed by atoms with Crippen LogP contribution in [-0.4, -0.2) is 64.4 Å². The Morgan fingerprint density at radius 2 is 1.54 bits per heavy atom. The number of carbonyl (C=O) groups is 3. The zero-order valence-corrected chi connectivity index (χ0v) is 19.4. The second-order valence-corrected chi connectivity index (χ2v) is 9.76. The number of aliphatic hydroxyl groups is 1. The molecule has 0 spiro atoms. The number of carboxylic acid groups (broad SMARTS) is 1. The zero-order valence-electron chi connectivity index (χ0n) is 19.4. The molecule has 0 aromatic heterocycles. The molecule has 3 unspecified atom stereocenters. The molecule has 0 radical (unpaired) electrons. The van der Waals surface area contributed by atoms with Crippen LogP contribution < -0.4 is 5.32 Å². The van der Waals surface area contributed by atoms with Crippen molar-refractivity contribution < 1.29 is 29.3 Å². The van der Waals surface area contributed by atoms with Crippen molar-refractivity contribution in [3.05, 3.63) is 59.7 Å². The number of ether oxygens (including phenoxy) is 1. The Morgan fingerprint density at radius 3 is 2.11 bits per heavy atom. The number of piperidine rings is 1. The zero-order chi connectivity index (χ0) is 24.5. The third-order valence-corrected chi connectivity index (χ3v) is 7.61. The van der Waals surface area contributed by atoms with Crippen molar-refractivity contribution in [1.82, 2.24) is 10.2 Å². The number of hydrogen-bond acceptors (Lipinski definition) is 5. The van der Waals surface area contributed by atoms with Crippen LogP contribution in [-0.2, 0) is 14.3 Å². The molecule has 3 aliphatic rings. The number of carbonyl (C=O) groups excluding carboxylic acids is 2. The van der Waals surface area contributed by atoms with Crippen LogP contribution in [0.3, 0.4) is 0 Å². The van der Waals surface area contributed by atoms with Crippen molar-refractivity contribution in [3.8, 4) is 11.1 Å². The molecule has 2 heterocycles. The third kappa shape index (κ3) is 4.62. The van der Waals surface area contributed by atoms with Gasteiger partial charge in [0.15, 0.2) is 0 Å². The van der Waals surface area contributed by atoms with E-state index in [1.54, 1.807) is 4.90 Å². The summed E-state index contributed by atoms with van der Waals surface area (Å²) in [5.41, 5.74) is 4.53. The molecular weight excluding hydrogens is 448 g/mol. The van der Waals surface area contributed by atoms with Crippen LogP contribution in [0.2, 0.25) is 0 Å². The lowest BCUT2D eigenvalue weighted by Crippen LogP contribution is -2.49. The van der Waals surface area contributed by atoms with Crippen molar-refractivity contribution >= 4 is 18.0 Å². The summed E-state index contributed by atoms with van der Waals surface area (Å²) in [6.45, 7) is 0.0834. The van der Waals surface area contributed by atoms with Crippen molar-refractivity contribution in [2.45, 2.75) is 56.2 Å². The van der Waals surface area contributed by atoms with Gasteiger partial charge < -0.3 is 25.2 Å². The van der Waals surface area contributed by atoms with Gasteiger partial charge in [-0.05, 0) is 47.9 Å². The monoisotopic (exact) mass is 478 g/mol. The van der Waals surface area contributed by atoms with Gasteiger partial charge in [-0.3, -0.25) is 9.59 Å². The maximum atomic E-state index is 12.8. The minimum absolute atomic E-state index is 0.0520. The summed E-state index contributed by atoms with van der Waals surface area (Å²) in [6, 6.07) is 16.0. The van der Waals surface area contributed by atoms with Gasteiger partial charge in [-0.2, -0.15) is 0 Å². The Labute approximate surface area is 203 Å². The highest BCUT2D eigenvalue weighted by Crippen LogP contribution is 2.44. The number of nitrogens with one attached hydrogen (secondary N) is 1. The van der Waals surface area contributed by atoms with Crippen LogP contribution in [0, 0.1) is 5.92 Å². The lowest BCUT2D eigenvalue weighted by molar-refractivity contribution is -0.149. The quantitative estimate of drug-likeness (QED) is 0.563. The average Bonchev–Trinajstić information content (AvgIpc) is 3.32. The fourth-order valence-electron chi connectivity index (χ4n) is 6.02. The van der Waals surface area contributed by atoms with Gasteiger partial charge in [0.1, 0.15) is 6.61 Å². The van der Waals surface area contributed by atoms with E-state index in [-0.39, 0.29) is 43.5 Å². The standard InChI is InChI=1S/C27H30N2O6/c30-19(13-25(31)29-17-9-10-18(29)12-16(11-17)26(32)33)14-28-27(34)35-15-24-22-7-3-1-5-20(22)21-6-2-4-8-23(21)24/h1-8,16-19,24,30H,9-15H2,(H,28,34)(H,32,33). The topological polar surface area (TPSA) is 116 Å². The highest BCUT2D eigenvalue weighted by molar-refractivity contribution is 5.80. The summed E-state index contributed by atoms with van der Waals surface area (Å²) in [5.74, 6) is -1.45. The van der Waals surface area contributed by atoms with Crippen molar-refractivity contribution in [2.24, 2.45) is 5.92 Å². The Morgan fingerprint density at radius 1 is 0.971 bits per heavy atom. The number of hydrogen-bond donors (Lipinski definition) is 3. The van der Waals surface area contributed by atoms with Crippen LogP contribution in [0.4, 0.5) is 4.79 Å². The lowest BCUT2D eigenvalue weighted by Gasteiger charge is -2.38. The second kappa shape index (κ2) is 9.70. The SMILES string of the molecule is O=C(NCC(O)CC(=O)N1C2CCC1CC(C(=O)O)C2)OCC1c2ccccc2-c2ccccc21. The molecule has 0 saturated carbocycles. The van der Waals surface area contributed by atoms with Gasteiger partial charge in [-0.15, -0.1) is 0 Å². The first-order valence-corrected chi connectivity index (χ1v) is 12.2. The summed E-state index contributed by atoms with van der Waals surface area (Å²) in [7, 11) is 0. The van der Waals surface area contributed by atoms with Gasteiger partial charge in [0, 0.05) is 24.5 Å². The number of carboxylic acids is 1. The van der Waals surface area contributed by atoms with E-state index in [4.69, 9.17) is 4.74 Å². The van der Waals surface area contributed by atoms with E-state index in [2.05, 4.69) is 17.4 Å². The molecular formula is C27H30N2O6. The predicted octanol–water partition coefficient (Wildman–Crippen LogP) is 3.13. The van der Waals surface area contributed by atoms with Gasteiger partial charge in [0.25, 0.3) is 0 Å². The van der Waals surface area contributed by atoms with E-state index in [1.807, 2.05) is 36.4 Å². The molecule has 2 saturated heterocycles. The van der Waals surface area contributed by atoms with Gasteiger partial charge in [0.05, 0.1) is 18.4 Å². The largest absolute Gasteiger partial charge is 0.481 e. The summed E-state index contributed by atoms with van der Waals surface area (Å²) in [4.78, 5) is 38.2. The Kier molecular flexibility index (Phi) is 6.47. The van der Waals surface area contributed by atoms with E-state index in [0.717, 1.165) is 35.1 Å². The summed E-state index contributed by atoms with van der Waals surface area (Å²) in [6.07, 6.45) is 0.731. The number of fused-ring (bicyclic) bond motifs is 5. The van der Waals surface area contributed by atoms with Crippen LogP contribution in [0.1, 0.15) is 49.1 Å². The first-order chi connectivity index (χ1) is 16.9. The first kappa shape index (κ1) is 23.4. The minimum atomic E-state index is -1.04. The van der Waals surface area contributed by atoms with E-state index in [1.165, 1.54) is 0 Å². The summed E-state index contributed by atoms with van der Waals surface area (Å²) < 4.78 is 5.48. The molecule has 3 atom stereocenters. The molecule has 1 aliphatic carbocycles. The number of amides is 2. The molecule has 2 amide bonds. The average molecular weight is 479 g/mol. The number of nitrogens with zero attached hydrogens (tertiary/aromatic N) is 1. The molecule has 2 bridgehead atoms. The number of aliphatic hydroxyl groups excluding tert-OH is 1. The van der Waals surface area contributed by atoms with E-state index in [9.17, 15) is 24.6 Å². The van der Waals surface area contributed by atoms with E-state index in [0.29, 0.717) is 12.8 Å². The smallest absolute Gasteiger partial charge is 0.407 e. The van der Waals surface area contributed by atoms with Crippen molar-refractivity contribution in [2.75, 3.05) is 13.2 Å². The van der Waals surface area contributed by atoms with Gasteiger partial charge in [-0.25, -0.2) is 4.79 Å². The number of rotatable bonds is 7. The van der Waals surface area contributed by atoms with E-state index >= 15 is 0 Å². The van der Waals surface area contributed by atoms with Crippen molar-refractivity contribution in [1.29, 1.82) is 0 Å². The summed E-state index contributed by atoms with van der Waals surface area (Å²) in [5, 5.41) is 22.2. The fourth-order valence-corrected chi connectivity index (χ4v) is 6.02. The van der Waals surface area contributed by atoms with Crippen LogP contribution >= 0.6 is 0 Å². The number of alkyl carbamates (subject to hydrolysis) is 1. The highest BCUT2D eigenvalue weighted by atomic mass is 16.5. The highest BCUT2D eigenvalue weighted by Gasteiger charge is 2.45. The second-order valence-electron chi connectivity index (χ2n) is 9.76. The molecule has 8 nitrogen and oxygen atoms in total. The van der Waals surface area contributed by atoms with Gasteiger partial charge >= 0.3 is 12.1 Å². The van der Waals surface area contributed by atoms with Gasteiger partial charge in [-0.1, -0.05) is 48.5 Å². The Balaban J connectivity index is 1.10. The van der Waals surface area contributed by atoms with Gasteiger partial charge in [0.2, 0.25) is 5.91 Å². The predicted molar refractivity (Wildman–Crippen MR) is 128 cm³/mol. The van der Waals surface area contributed by atoms with Crippen LogP contribution in [0.25, 0.3) is 11.1 Å². The molecule has 2 fully saturated rings. The van der Waals surface area contributed by atoms with Crippen molar-refractivity contribution in [3.63, 3.8) is 0 Å². The molecule has 2 aromatic rings. The summed E-state index contributed by atoms with van der Waals surface area (Å²) >= 11 is 0. The lowest BCUT2D eigenvalue weighted by atomic mass is 9.90. The first-order valence-electron chi connectivity index (χ1n) is 12.2. The minimum Gasteiger partial charge on any atom is -0.481 e.